The van der Waals surface area contributed by atoms with Crippen molar-refractivity contribution in [2.45, 2.75) is 78.3 Å². The largest absolute Gasteiger partial charge is 0.381 e. The molecule has 2 aromatic rings. The summed E-state index contributed by atoms with van der Waals surface area (Å²) in [4.78, 5) is 53.0. The van der Waals surface area contributed by atoms with Gasteiger partial charge in [-0.05, 0) is 87.1 Å². The molecule has 3 heterocycles. The molecule has 3 fully saturated rings. The van der Waals surface area contributed by atoms with Crippen molar-refractivity contribution in [3.8, 4) is 0 Å². The fourth-order valence-electron chi connectivity index (χ4n) is 7.35. The van der Waals surface area contributed by atoms with Crippen LogP contribution >= 0.6 is 0 Å². The van der Waals surface area contributed by atoms with Gasteiger partial charge in [-0.1, -0.05) is 49.7 Å². The number of anilines is 1. The van der Waals surface area contributed by atoms with Crippen LogP contribution in [0.2, 0.25) is 0 Å². The number of hydrogen-bond acceptors (Lipinski definition) is 7. The molecular weight excluding hydrogens is 554 g/mol. The molecule has 236 valence electrons. The number of Topliss-reactive ketones (excluding diaryl/α,β-unsaturated/α-hetero) is 2. The van der Waals surface area contributed by atoms with Crippen LogP contribution in [-0.2, 0) is 27.4 Å². The van der Waals surface area contributed by atoms with Gasteiger partial charge in [-0.3, -0.25) is 29.4 Å². The normalized spacial score (nSPS) is 21.1. The molecule has 0 saturated carbocycles. The van der Waals surface area contributed by atoms with Gasteiger partial charge in [0.2, 0.25) is 11.8 Å². The van der Waals surface area contributed by atoms with Gasteiger partial charge in [0.25, 0.3) is 0 Å². The molecule has 8 nitrogen and oxygen atoms in total. The fourth-order valence-corrected chi connectivity index (χ4v) is 7.35. The number of likely N-dealkylation sites (tertiary alicyclic amines) is 1. The highest BCUT2D eigenvalue weighted by molar-refractivity contribution is 6.11. The molecule has 0 spiro atoms. The molecule has 2 atom stereocenters. The second kappa shape index (κ2) is 15.1. The zero-order valence-corrected chi connectivity index (χ0v) is 26.2. The van der Waals surface area contributed by atoms with E-state index in [9.17, 15) is 19.2 Å². The monoisotopic (exact) mass is 601 g/mol. The van der Waals surface area contributed by atoms with Crippen LogP contribution < -0.4 is 10.6 Å². The first-order valence-corrected chi connectivity index (χ1v) is 16.4. The van der Waals surface area contributed by atoms with Crippen molar-refractivity contribution in [3.05, 3.63) is 64.7 Å². The summed E-state index contributed by atoms with van der Waals surface area (Å²) in [5.41, 5.74) is 3.78. The van der Waals surface area contributed by atoms with Gasteiger partial charge < -0.3 is 10.1 Å². The summed E-state index contributed by atoms with van der Waals surface area (Å²) in [7, 11) is 0. The highest BCUT2D eigenvalue weighted by atomic mass is 16.5. The van der Waals surface area contributed by atoms with E-state index in [1.807, 2.05) is 13.0 Å². The molecule has 0 aliphatic carbocycles. The second-order valence-electron chi connectivity index (χ2n) is 12.9. The first-order chi connectivity index (χ1) is 21.3. The number of amides is 2. The number of rotatable bonds is 12. The Balaban J connectivity index is 1.19. The Morgan fingerprint density at radius 1 is 0.955 bits per heavy atom. The third-order valence-electron chi connectivity index (χ3n) is 10.0. The molecule has 2 N–H and O–H groups in total. The molecule has 2 unspecified atom stereocenters. The molecule has 5 rings (SSSR count). The minimum absolute atomic E-state index is 0.142. The zero-order chi connectivity index (χ0) is 31.1. The molecule has 3 aliphatic heterocycles. The average Bonchev–Trinajstić information content (AvgIpc) is 3.04. The summed E-state index contributed by atoms with van der Waals surface area (Å²) >= 11 is 0. The Morgan fingerprint density at radius 2 is 1.64 bits per heavy atom. The van der Waals surface area contributed by atoms with Crippen LogP contribution in [0.1, 0.15) is 97.1 Å². The number of nitrogens with one attached hydrogen (secondary N) is 2. The van der Waals surface area contributed by atoms with E-state index in [1.54, 1.807) is 12.1 Å². The van der Waals surface area contributed by atoms with Crippen LogP contribution in [-0.4, -0.2) is 54.6 Å². The highest BCUT2D eigenvalue weighted by Crippen LogP contribution is 2.33. The van der Waals surface area contributed by atoms with Gasteiger partial charge in [0.15, 0.2) is 11.6 Å². The van der Waals surface area contributed by atoms with E-state index < -0.39 is 0 Å². The molecule has 8 heteroatoms. The summed E-state index contributed by atoms with van der Waals surface area (Å²) in [6.07, 6.45) is 6.49. The Hall–Kier alpha value is -3.36. The van der Waals surface area contributed by atoms with Crippen molar-refractivity contribution in [3.63, 3.8) is 0 Å². The van der Waals surface area contributed by atoms with Gasteiger partial charge in [-0.15, -0.1) is 0 Å². The smallest absolute Gasteiger partial charge is 0.229 e. The fraction of sp³-hybridized carbons (Fsp3) is 0.556. The Labute approximate surface area is 261 Å². The Bertz CT molecular complexity index is 1330. The number of hydrogen-bond donors (Lipinski definition) is 2. The third kappa shape index (κ3) is 8.02. The standard InChI is InChI=1S/C36H47N3O5/c1-3-27(31-11-12-34(42)38-36(31)43)21-33(41)35-30(24(2)40)5-4-6-32(35)37-22-25-7-9-26(10-8-25)23-39-17-13-28(14-18-39)29-15-19-44-20-16-29/h4-10,27-29,31,37H,3,11-23H2,1-2H3,(H,38,42,43). The minimum Gasteiger partial charge on any atom is -0.381 e. The molecule has 44 heavy (non-hydrogen) atoms. The van der Waals surface area contributed by atoms with E-state index in [0.717, 1.165) is 50.2 Å². The van der Waals surface area contributed by atoms with Crippen molar-refractivity contribution >= 4 is 29.1 Å². The Kier molecular flexibility index (Phi) is 11.0. The molecule has 0 aromatic heterocycles. The minimum atomic E-state index is -0.389. The average molecular weight is 602 g/mol. The predicted molar refractivity (Wildman–Crippen MR) is 170 cm³/mol. The summed E-state index contributed by atoms with van der Waals surface area (Å²) in [5, 5.41) is 5.83. The van der Waals surface area contributed by atoms with E-state index in [-0.39, 0.29) is 48.1 Å². The zero-order valence-electron chi connectivity index (χ0n) is 26.2. The highest BCUT2D eigenvalue weighted by Gasteiger charge is 2.34. The van der Waals surface area contributed by atoms with Crippen molar-refractivity contribution in [1.29, 1.82) is 0 Å². The summed E-state index contributed by atoms with van der Waals surface area (Å²) in [5.74, 6) is 0.179. The third-order valence-corrected chi connectivity index (χ3v) is 10.0. The SMILES string of the molecule is CCC(CC(=O)c1c(NCc2ccc(CN3CCC(C4CCOCC4)CC3)cc2)cccc1C(C)=O)C1CCC(=O)NC1=O. The van der Waals surface area contributed by atoms with Crippen molar-refractivity contribution < 1.29 is 23.9 Å². The summed E-state index contributed by atoms with van der Waals surface area (Å²) in [6, 6.07) is 13.9. The van der Waals surface area contributed by atoms with Gasteiger partial charge in [0.1, 0.15) is 0 Å². The lowest BCUT2D eigenvalue weighted by Crippen LogP contribution is -2.43. The summed E-state index contributed by atoms with van der Waals surface area (Å²) < 4.78 is 5.55. The van der Waals surface area contributed by atoms with E-state index in [0.29, 0.717) is 36.2 Å². The first kappa shape index (κ1) is 32.0. The summed E-state index contributed by atoms with van der Waals surface area (Å²) in [6.45, 7) is 9.05. The lowest BCUT2D eigenvalue weighted by Gasteiger charge is -2.37. The van der Waals surface area contributed by atoms with E-state index in [2.05, 4.69) is 39.8 Å². The van der Waals surface area contributed by atoms with Crippen molar-refractivity contribution in [1.82, 2.24) is 10.2 Å². The number of carbonyl (C=O) groups is 4. The lowest BCUT2D eigenvalue weighted by atomic mass is 9.79. The molecule has 3 aliphatic rings. The van der Waals surface area contributed by atoms with E-state index in [1.165, 1.54) is 38.2 Å². The first-order valence-electron chi connectivity index (χ1n) is 16.4. The molecular formula is C36H47N3O5. The van der Waals surface area contributed by atoms with Gasteiger partial charge in [0, 0.05) is 56.3 Å². The maximum absolute atomic E-state index is 13.7. The number of nitrogens with zero attached hydrogens (tertiary/aromatic N) is 1. The predicted octanol–water partition coefficient (Wildman–Crippen LogP) is 5.79. The van der Waals surface area contributed by atoms with Gasteiger partial charge in [0.05, 0.1) is 5.56 Å². The molecule has 2 aromatic carbocycles. The van der Waals surface area contributed by atoms with Gasteiger partial charge >= 0.3 is 0 Å². The van der Waals surface area contributed by atoms with Crippen LogP contribution in [0.15, 0.2) is 42.5 Å². The van der Waals surface area contributed by atoms with E-state index in [4.69, 9.17) is 4.74 Å². The maximum atomic E-state index is 13.7. The molecule has 2 amide bonds. The van der Waals surface area contributed by atoms with Crippen LogP contribution in [0.25, 0.3) is 0 Å². The number of imide groups is 1. The number of piperidine rings is 2. The topological polar surface area (TPSA) is 105 Å². The van der Waals surface area contributed by atoms with Crippen LogP contribution in [0.4, 0.5) is 5.69 Å². The van der Waals surface area contributed by atoms with Crippen LogP contribution in [0, 0.1) is 23.7 Å². The number of ether oxygens (including phenoxy) is 1. The van der Waals surface area contributed by atoms with Gasteiger partial charge in [-0.25, -0.2) is 0 Å². The maximum Gasteiger partial charge on any atom is 0.229 e. The number of ketones is 2. The number of benzene rings is 2. The van der Waals surface area contributed by atoms with Crippen molar-refractivity contribution in [2.24, 2.45) is 23.7 Å². The van der Waals surface area contributed by atoms with Gasteiger partial charge in [-0.2, -0.15) is 0 Å². The quantitative estimate of drug-likeness (QED) is 0.234. The number of carbonyl (C=O) groups excluding carboxylic acids is 4. The lowest BCUT2D eigenvalue weighted by molar-refractivity contribution is -0.137. The Morgan fingerprint density at radius 3 is 2.30 bits per heavy atom. The molecule has 0 radical (unpaired) electrons. The second-order valence-corrected chi connectivity index (χ2v) is 12.9. The molecule has 3 saturated heterocycles. The van der Waals surface area contributed by atoms with Crippen molar-refractivity contribution in [2.75, 3.05) is 31.6 Å². The van der Waals surface area contributed by atoms with Crippen LogP contribution in [0.3, 0.4) is 0 Å². The van der Waals surface area contributed by atoms with Crippen LogP contribution in [0.5, 0.6) is 0 Å². The van der Waals surface area contributed by atoms with E-state index >= 15 is 0 Å². The molecule has 0 bridgehead atoms.